The average molecular weight is 183 g/mol. The Labute approximate surface area is 79.0 Å². The van der Waals surface area contributed by atoms with Crippen LogP contribution in [0.1, 0.15) is 26.2 Å². The maximum Gasteiger partial charge on any atom is 0.219 e. The summed E-state index contributed by atoms with van der Waals surface area (Å²) in [5.74, 6) is 0.220. The van der Waals surface area contributed by atoms with Gasteiger partial charge in [-0.1, -0.05) is 0 Å². The zero-order valence-electron chi connectivity index (χ0n) is 8.38. The predicted octanol–water partition coefficient (Wildman–Crippen LogP) is 1.03. The molecule has 1 spiro atoms. The van der Waals surface area contributed by atoms with E-state index >= 15 is 0 Å². The van der Waals surface area contributed by atoms with Crippen molar-refractivity contribution in [3.63, 3.8) is 0 Å². The second-order valence-corrected chi connectivity index (χ2v) is 4.46. The molecule has 2 aliphatic rings. The van der Waals surface area contributed by atoms with Crippen LogP contribution in [0.3, 0.4) is 0 Å². The highest BCUT2D eigenvalue weighted by molar-refractivity contribution is 5.73. The molecule has 0 unspecified atom stereocenters. The summed E-state index contributed by atoms with van der Waals surface area (Å²) in [7, 11) is 1.77. The van der Waals surface area contributed by atoms with Gasteiger partial charge in [0, 0.05) is 27.1 Å². The van der Waals surface area contributed by atoms with Crippen molar-refractivity contribution in [2.24, 2.45) is 5.41 Å². The topological polar surface area (TPSA) is 29.5 Å². The molecule has 2 fully saturated rings. The monoisotopic (exact) mass is 183 g/mol. The van der Waals surface area contributed by atoms with Crippen molar-refractivity contribution in [3.05, 3.63) is 0 Å². The molecule has 3 heteroatoms. The summed E-state index contributed by atoms with van der Waals surface area (Å²) in [5, 5.41) is 0. The first-order valence-electron chi connectivity index (χ1n) is 4.93. The van der Waals surface area contributed by atoms with Gasteiger partial charge in [0.2, 0.25) is 5.91 Å². The molecule has 3 nitrogen and oxygen atoms in total. The lowest BCUT2D eigenvalue weighted by Crippen LogP contribution is -2.44. The minimum atomic E-state index is 0.220. The molecule has 74 valence electrons. The third-order valence-corrected chi connectivity index (χ3v) is 3.54. The summed E-state index contributed by atoms with van der Waals surface area (Å²) >= 11 is 0. The minimum absolute atomic E-state index is 0.220. The molecule has 2 rings (SSSR count). The summed E-state index contributed by atoms with van der Waals surface area (Å²) in [6, 6.07) is 0. The van der Waals surface area contributed by atoms with Gasteiger partial charge in [-0.2, -0.15) is 0 Å². The SMILES string of the molecule is COC1CC2(CCN(C(C)=O)C2)C1. The van der Waals surface area contributed by atoms with Crippen LogP contribution in [0.2, 0.25) is 0 Å². The number of carbonyl (C=O) groups is 1. The van der Waals surface area contributed by atoms with Gasteiger partial charge in [-0.15, -0.1) is 0 Å². The van der Waals surface area contributed by atoms with E-state index in [2.05, 4.69) is 0 Å². The predicted molar refractivity (Wildman–Crippen MR) is 49.3 cm³/mol. The third-order valence-electron chi connectivity index (χ3n) is 3.54. The Morgan fingerprint density at radius 1 is 1.54 bits per heavy atom. The van der Waals surface area contributed by atoms with E-state index in [0.29, 0.717) is 11.5 Å². The normalized spacial score (nSPS) is 38.0. The van der Waals surface area contributed by atoms with Gasteiger partial charge in [0.05, 0.1) is 6.10 Å². The van der Waals surface area contributed by atoms with Gasteiger partial charge in [-0.3, -0.25) is 4.79 Å². The summed E-state index contributed by atoms with van der Waals surface area (Å²) < 4.78 is 5.27. The van der Waals surface area contributed by atoms with Crippen molar-refractivity contribution in [3.8, 4) is 0 Å². The van der Waals surface area contributed by atoms with E-state index in [1.165, 1.54) is 6.42 Å². The van der Waals surface area contributed by atoms with Crippen molar-refractivity contribution >= 4 is 5.91 Å². The minimum Gasteiger partial charge on any atom is -0.381 e. The van der Waals surface area contributed by atoms with E-state index < -0.39 is 0 Å². The molecule has 1 aliphatic carbocycles. The molecule has 0 bridgehead atoms. The maximum absolute atomic E-state index is 11.1. The van der Waals surface area contributed by atoms with E-state index in [1.54, 1.807) is 14.0 Å². The van der Waals surface area contributed by atoms with Crippen molar-refractivity contribution in [1.29, 1.82) is 0 Å². The quantitative estimate of drug-likeness (QED) is 0.607. The molecule has 0 atom stereocenters. The number of methoxy groups -OCH3 is 1. The molecule has 0 radical (unpaired) electrons. The lowest BCUT2D eigenvalue weighted by Gasteiger charge is -2.44. The Kier molecular flexibility index (Phi) is 2.06. The van der Waals surface area contributed by atoms with Crippen LogP contribution in [0.15, 0.2) is 0 Å². The molecule has 1 amide bonds. The van der Waals surface area contributed by atoms with E-state index in [4.69, 9.17) is 4.74 Å². The van der Waals surface area contributed by atoms with Gasteiger partial charge >= 0.3 is 0 Å². The molecule has 0 N–H and O–H groups in total. The largest absolute Gasteiger partial charge is 0.381 e. The third kappa shape index (κ3) is 1.46. The lowest BCUT2D eigenvalue weighted by molar-refractivity contribution is -0.129. The smallest absolute Gasteiger partial charge is 0.219 e. The van der Waals surface area contributed by atoms with Crippen molar-refractivity contribution in [2.75, 3.05) is 20.2 Å². The Morgan fingerprint density at radius 3 is 2.69 bits per heavy atom. The van der Waals surface area contributed by atoms with Gasteiger partial charge in [0.25, 0.3) is 0 Å². The molecular formula is C10H17NO2. The van der Waals surface area contributed by atoms with Crippen LogP contribution in [0, 0.1) is 5.41 Å². The molecule has 0 aromatic heterocycles. The fourth-order valence-corrected chi connectivity index (χ4v) is 2.61. The number of hydrogen-bond donors (Lipinski definition) is 0. The van der Waals surface area contributed by atoms with Gasteiger partial charge in [0.15, 0.2) is 0 Å². The zero-order valence-corrected chi connectivity index (χ0v) is 8.38. The number of rotatable bonds is 1. The standard InChI is InChI=1S/C10H17NO2/c1-8(12)11-4-3-10(7-11)5-9(6-10)13-2/h9H,3-7H2,1-2H3. The van der Waals surface area contributed by atoms with Crippen LogP contribution < -0.4 is 0 Å². The average Bonchev–Trinajstić information content (AvgIpc) is 2.45. The van der Waals surface area contributed by atoms with Gasteiger partial charge in [-0.25, -0.2) is 0 Å². The first-order valence-corrected chi connectivity index (χ1v) is 4.93. The Hall–Kier alpha value is -0.570. The van der Waals surface area contributed by atoms with Gasteiger partial charge in [0.1, 0.15) is 0 Å². The highest BCUT2D eigenvalue weighted by atomic mass is 16.5. The van der Waals surface area contributed by atoms with Gasteiger partial charge in [-0.05, 0) is 24.7 Å². The fourth-order valence-electron chi connectivity index (χ4n) is 2.61. The summed E-state index contributed by atoms with van der Waals surface area (Å²) in [4.78, 5) is 13.1. The number of hydrogen-bond acceptors (Lipinski definition) is 2. The van der Waals surface area contributed by atoms with Gasteiger partial charge < -0.3 is 9.64 Å². The molecule has 1 heterocycles. The molecular weight excluding hydrogens is 166 g/mol. The van der Waals surface area contributed by atoms with Crippen LogP contribution in [-0.2, 0) is 9.53 Å². The Balaban J connectivity index is 1.89. The summed E-state index contributed by atoms with van der Waals surface area (Å²) in [6.07, 6.45) is 3.92. The Morgan fingerprint density at radius 2 is 2.23 bits per heavy atom. The van der Waals surface area contributed by atoms with E-state index in [-0.39, 0.29) is 5.91 Å². The summed E-state index contributed by atoms with van der Waals surface area (Å²) in [6.45, 7) is 3.57. The van der Waals surface area contributed by atoms with Crippen LogP contribution in [0.4, 0.5) is 0 Å². The second-order valence-electron chi connectivity index (χ2n) is 4.46. The van der Waals surface area contributed by atoms with Crippen molar-refractivity contribution in [1.82, 2.24) is 4.90 Å². The van der Waals surface area contributed by atoms with Crippen LogP contribution >= 0.6 is 0 Å². The first-order chi connectivity index (χ1) is 6.15. The van der Waals surface area contributed by atoms with Crippen molar-refractivity contribution < 1.29 is 9.53 Å². The number of ether oxygens (including phenoxy) is 1. The molecule has 1 aliphatic heterocycles. The van der Waals surface area contributed by atoms with Crippen molar-refractivity contribution in [2.45, 2.75) is 32.3 Å². The Bertz CT molecular complexity index is 221. The number of amides is 1. The second kappa shape index (κ2) is 2.98. The summed E-state index contributed by atoms with van der Waals surface area (Å²) in [5.41, 5.74) is 0.423. The number of likely N-dealkylation sites (tertiary alicyclic amines) is 1. The maximum atomic E-state index is 11.1. The highest BCUT2D eigenvalue weighted by Gasteiger charge is 2.49. The first kappa shape index (κ1) is 9.00. The van der Waals surface area contributed by atoms with Crippen LogP contribution in [0.5, 0.6) is 0 Å². The van der Waals surface area contributed by atoms with Crippen LogP contribution in [0.25, 0.3) is 0 Å². The molecule has 13 heavy (non-hydrogen) atoms. The van der Waals surface area contributed by atoms with E-state index in [1.807, 2.05) is 4.90 Å². The molecule has 1 saturated heterocycles. The number of carbonyl (C=O) groups excluding carboxylic acids is 1. The highest BCUT2D eigenvalue weighted by Crippen LogP contribution is 2.49. The number of nitrogens with zero attached hydrogens (tertiary/aromatic N) is 1. The fraction of sp³-hybridized carbons (Fsp3) is 0.900. The molecule has 0 aromatic rings. The van der Waals surface area contributed by atoms with Crippen LogP contribution in [-0.4, -0.2) is 37.1 Å². The zero-order chi connectivity index (χ0) is 9.47. The molecule has 1 saturated carbocycles. The van der Waals surface area contributed by atoms with E-state index in [9.17, 15) is 4.79 Å². The van der Waals surface area contributed by atoms with E-state index in [0.717, 1.165) is 25.9 Å². The molecule has 0 aromatic carbocycles. The lowest BCUT2D eigenvalue weighted by atomic mass is 9.66.